The van der Waals surface area contributed by atoms with Crippen molar-refractivity contribution in [3.63, 3.8) is 0 Å². The monoisotopic (exact) mass is 582 g/mol. The van der Waals surface area contributed by atoms with Crippen LogP contribution in [0.3, 0.4) is 0 Å². The lowest BCUT2D eigenvalue weighted by molar-refractivity contribution is -0.131. The summed E-state index contributed by atoms with van der Waals surface area (Å²) >= 11 is 0. The molecule has 4 rings (SSSR count). The molecule has 2 aromatic carbocycles. The van der Waals surface area contributed by atoms with Crippen LogP contribution in [0.4, 0.5) is 0 Å². The van der Waals surface area contributed by atoms with E-state index in [0.29, 0.717) is 56.8 Å². The molecule has 0 radical (unpaired) electrons. The minimum Gasteiger partial charge on any atom is -0.493 e. The van der Waals surface area contributed by atoms with E-state index in [2.05, 4.69) is 22.4 Å². The van der Waals surface area contributed by atoms with Crippen molar-refractivity contribution in [1.29, 1.82) is 0 Å². The van der Waals surface area contributed by atoms with E-state index in [4.69, 9.17) is 9.94 Å². The summed E-state index contributed by atoms with van der Waals surface area (Å²) in [5, 5.41) is 13.2. The van der Waals surface area contributed by atoms with E-state index in [9.17, 15) is 18.0 Å². The molecular weight excluding hydrogens is 544 g/mol. The smallest absolute Gasteiger partial charge is 0.251 e. The van der Waals surface area contributed by atoms with Crippen LogP contribution in [0.5, 0.6) is 5.75 Å². The number of nitrogens with zero attached hydrogens (tertiary/aromatic N) is 2. The zero-order valence-corrected chi connectivity index (χ0v) is 24.4. The summed E-state index contributed by atoms with van der Waals surface area (Å²) < 4.78 is 29.7. The number of para-hydroxylation sites is 1. The predicted octanol–water partition coefficient (Wildman–Crippen LogP) is 3.06. The second-order valence-electron chi connectivity index (χ2n) is 10.6. The molecule has 0 aliphatic carbocycles. The van der Waals surface area contributed by atoms with Gasteiger partial charge in [-0.25, -0.2) is 13.9 Å². The Balaban J connectivity index is 1.34. The molecule has 0 unspecified atom stereocenters. The van der Waals surface area contributed by atoms with Crippen molar-refractivity contribution < 1.29 is 28.0 Å². The summed E-state index contributed by atoms with van der Waals surface area (Å²) in [6, 6.07) is 17.0. The number of piperidine rings is 1. The summed E-state index contributed by atoms with van der Waals surface area (Å²) in [5.74, 6) is -0.103. The molecule has 1 aliphatic heterocycles. The Morgan fingerprint density at radius 1 is 1.10 bits per heavy atom. The molecule has 1 saturated heterocycles. The Morgan fingerprint density at radius 2 is 1.80 bits per heavy atom. The standard InChI is InChI=1S/C30H38N4O6S/c1-3-41(38,39)19-17-34-15-13-30(14-16-34,21-28(35)33-37)32-29(36)23-8-10-25(11-9-23)40-18-12-24-20-22(2)31-27-7-5-4-6-26(24)27/h4-11,20,37H,3,12-19,21H2,1-2H3,(H,32,36)(H,33,35). The lowest BCUT2D eigenvalue weighted by atomic mass is 9.83. The number of ether oxygens (including phenoxy) is 1. The minimum absolute atomic E-state index is 0.0766. The highest BCUT2D eigenvalue weighted by Crippen LogP contribution is 2.27. The largest absolute Gasteiger partial charge is 0.493 e. The van der Waals surface area contributed by atoms with Gasteiger partial charge in [-0.15, -0.1) is 0 Å². The summed E-state index contributed by atoms with van der Waals surface area (Å²) in [5.41, 5.74) is 4.31. The number of nitrogens with one attached hydrogen (secondary N) is 2. The van der Waals surface area contributed by atoms with Gasteiger partial charge >= 0.3 is 0 Å². The Kier molecular flexibility index (Phi) is 9.95. The Bertz CT molecular complexity index is 1470. The van der Waals surface area contributed by atoms with Crippen LogP contribution in [0.1, 0.15) is 47.8 Å². The van der Waals surface area contributed by atoms with E-state index >= 15 is 0 Å². The minimum atomic E-state index is -3.08. The highest BCUT2D eigenvalue weighted by Gasteiger charge is 2.38. The number of hydrogen-bond donors (Lipinski definition) is 3. The number of sulfone groups is 1. The third kappa shape index (κ3) is 8.25. The van der Waals surface area contributed by atoms with E-state index in [1.54, 1.807) is 36.7 Å². The fourth-order valence-electron chi connectivity index (χ4n) is 5.21. The van der Waals surface area contributed by atoms with E-state index < -0.39 is 21.3 Å². The third-order valence-electron chi connectivity index (χ3n) is 7.66. The van der Waals surface area contributed by atoms with Crippen LogP contribution in [0.2, 0.25) is 0 Å². The molecule has 1 aromatic heterocycles. The first-order valence-corrected chi connectivity index (χ1v) is 15.7. The Morgan fingerprint density at radius 3 is 2.49 bits per heavy atom. The molecule has 1 fully saturated rings. The molecule has 0 atom stereocenters. The number of carbonyl (C=O) groups is 2. The molecule has 11 heteroatoms. The first-order valence-electron chi connectivity index (χ1n) is 13.9. The van der Waals surface area contributed by atoms with E-state index in [1.807, 2.05) is 30.0 Å². The van der Waals surface area contributed by atoms with Gasteiger partial charge in [0, 0.05) is 48.5 Å². The van der Waals surface area contributed by atoms with Crippen LogP contribution in [0.25, 0.3) is 10.9 Å². The SMILES string of the molecule is CCS(=O)(=O)CCN1CCC(CC(=O)NO)(NC(=O)c2ccc(OCCc3cc(C)nc4ccccc34)cc2)CC1. The van der Waals surface area contributed by atoms with Crippen molar-refractivity contribution in [1.82, 2.24) is 20.7 Å². The second kappa shape index (κ2) is 13.4. The zero-order valence-electron chi connectivity index (χ0n) is 23.6. The maximum atomic E-state index is 13.2. The molecule has 41 heavy (non-hydrogen) atoms. The second-order valence-corrected chi connectivity index (χ2v) is 13.1. The first-order chi connectivity index (χ1) is 19.6. The van der Waals surface area contributed by atoms with Gasteiger partial charge in [0.25, 0.3) is 5.91 Å². The molecule has 3 aromatic rings. The van der Waals surface area contributed by atoms with Crippen LogP contribution < -0.4 is 15.5 Å². The lowest BCUT2D eigenvalue weighted by Gasteiger charge is -2.42. The highest BCUT2D eigenvalue weighted by atomic mass is 32.2. The van der Waals surface area contributed by atoms with Crippen LogP contribution in [-0.4, -0.2) is 78.6 Å². The fourth-order valence-corrected chi connectivity index (χ4v) is 6.03. The number of hydrogen-bond acceptors (Lipinski definition) is 8. The number of likely N-dealkylation sites (tertiary alicyclic amines) is 1. The summed E-state index contributed by atoms with van der Waals surface area (Å²) in [4.78, 5) is 31.9. The molecule has 220 valence electrons. The highest BCUT2D eigenvalue weighted by molar-refractivity contribution is 7.91. The summed E-state index contributed by atoms with van der Waals surface area (Å²) in [6.07, 6.45) is 1.52. The van der Waals surface area contributed by atoms with Crippen molar-refractivity contribution >= 4 is 32.6 Å². The van der Waals surface area contributed by atoms with Gasteiger partial charge in [0.2, 0.25) is 5.91 Å². The molecule has 1 aliphatic rings. The summed E-state index contributed by atoms with van der Waals surface area (Å²) in [7, 11) is -3.08. The van der Waals surface area contributed by atoms with Crippen molar-refractivity contribution in [2.75, 3.05) is 37.7 Å². The van der Waals surface area contributed by atoms with Gasteiger partial charge in [0.1, 0.15) is 5.75 Å². The number of hydroxylamine groups is 1. The topological polar surface area (TPSA) is 138 Å². The van der Waals surface area contributed by atoms with E-state index in [0.717, 1.165) is 16.6 Å². The number of aromatic nitrogens is 1. The third-order valence-corrected chi connectivity index (χ3v) is 9.34. The fraction of sp³-hybridized carbons (Fsp3) is 0.433. The van der Waals surface area contributed by atoms with Crippen LogP contribution in [0.15, 0.2) is 54.6 Å². The number of carbonyl (C=O) groups excluding carboxylic acids is 2. The van der Waals surface area contributed by atoms with Gasteiger partial charge in [-0.2, -0.15) is 0 Å². The number of fused-ring (bicyclic) bond motifs is 1. The van der Waals surface area contributed by atoms with Crippen LogP contribution in [0, 0.1) is 6.92 Å². The molecule has 10 nitrogen and oxygen atoms in total. The molecule has 3 N–H and O–H groups in total. The van der Waals surface area contributed by atoms with Crippen LogP contribution >= 0.6 is 0 Å². The number of benzene rings is 2. The normalized spacial score (nSPS) is 15.4. The molecule has 0 bridgehead atoms. The van der Waals surface area contributed by atoms with Crippen LogP contribution in [-0.2, 0) is 21.1 Å². The molecule has 2 heterocycles. The van der Waals surface area contributed by atoms with Crippen molar-refractivity contribution in [3.8, 4) is 5.75 Å². The maximum Gasteiger partial charge on any atom is 0.251 e. The van der Waals surface area contributed by atoms with Crippen molar-refractivity contribution in [2.24, 2.45) is 0 Å². The molecule has 0 saturated carbocycles. The van der Waals surface area contributed by atoms with E-state index in [-0.39, 0.29) is 23.8 Å². The number of aryl methyl sites for hydroxylation is 1. The number of pyridine rings is 1. The lowest BCUT2D eigenvalue weighted by Crippen LogP contribution is -2.57. The maximum absolute atomic E-state index is 13.2. The van der Waals surface area contributed by atoms with E-state index in [1.165, 1.54) is 5.56 Å². The van der Waals surface area contributed by atoms with Gasteiger partial charge in [-0.3, -0.25) is 19.8 Å². The van der Waals surface area contributed by atoms with Gasteiger partial charge < -0.3 is 15.0 Å². The number of rotatable bonds is 12. The first kappa shape index (κ1) is 30.4. The van der Waals surface area contributed by atoms with Crippen molar-refractivity contribution in [3.05, 3.63) is 71.4 Å². The number of amides is 2. The molecule has 2 amide bonds. The zero-order chi connectivity index (χ0) is 29.5. The van der Waals surface area contributed by atoms with Gasteiger partial charge in [-0.1, -0.05) is 25.1 Å². The van der Waals surface area contributed by atoms with Gasteiger partial charge in [0.15, 0.2) is 9.84 Å². The predicted molar refractivity (Wildman–Crippen MR) is 157 cm³/mol. The Hall–Kier alpha value is -3.54. The Labute approximate surface area is 241 Å². The average Bonchev–Trinajstić information content (AvgIpc) is 2.97. The molecular formula is C30H38N4O6S. The quantitative estimate of drug-likeness (QED) is 0.219. The average molecular weight is 583 g/mol. The van der Waals surface area contributed by atoms with Gasteiger partial charge in [-0.05, 0) is 61.7 Å². The molecule has 0 spiro atoms. The summed E-state index contributed by atoms with van der Waals surface area (Å²) in [6.45, 7) is 5.53. The van der Waals surface area contributed by atoms with Crippen molar-refractivity contribution in [2.45, 2.75) is 45.1 Å². The van der Waals surface area contributed by atoms with Gasteiger partial charge in [0.05, 0.1) is 29.8 Å².